The molecule has 230 valence electrons. The van der Waals surface area contributed by atoms with Crippen LogP contribution < -0.4 is 10.6 Å². The highest BCUT2D eigenvalue weighted by Crippen LogP contribution is 2.26. The van der Waals surface area contributed by atoms with E-state index < -0.39 is 0 Å². The number of ether oxygens (including phenoxy) is 2. The van der Waals surface area contributed by atoms with Gasteiger partial charge in [0.05, 0.1) is 5.39 Å². The first-order valence-corrected chi connectivity index (χ1v) is 15.0. The first-order valence-electron chi connectivity index (χ1n) is 15.0. The Bertz CT molecular complexity index is 1510. The summed E-state index contributed by atoms with van der Waals surface area (Å²) in [5.41, 5.74) is 1.96. The fraction of sp³-hybridized carbons (Fsp3) is 0.333. The van der Waals surface area contributed by atoms with Gasteiger partial charge in [0.1, 0.15) is 29.2 Å². The number of aromatic amines is 1. The number of fused-ring (bicyclic) bond motifs is 1. The van der Waals surface area contributed by atoms with Gasteiger partial charge in [-0.25, -0.2) is 9.97 Å². The zero-order chi connectivity index (χ0) is 30.6. The van der Waals surface area contributed by atoms with Gasteiger partial charge in [-0.1, -0.05) is 66.7 Å². The van der Waals surface area contributed by atoms with Crippen LogP contribution in [0.5, 0.6) is 0 Å². The molecule has 2 aliphatic heterocycles. The average Bonchev–Trinajstić information content (AvgIpc) is 3.75. The molecule has 0 aliphatic carbocycles. The fourth-order valence-corrected chi connectivity index (χ4v) is 5.00. The summed E-state index contributed by atoms with van der Waals surface area (Å²) in [4.78, 5) is 41.6. The third kappa shape index (κ3) is 8.57. The van der Waals surface area contributed by atoms with Crippen LogP contribution in [0.1, 0.15) is 30.3 Å². The topological polar surface area (TPSA) is 125 Å². The molecule has 0 bridgehead atoms. The van der Waals surface area contributed by atoms with Crippen molar-refractivity contribution in [2.24, 2.45) is 0 Å². The van der Waals surface area contributed by atoms with Crippen molar-refractivity contribution in [1.29, 1.82) is 0 Å². The molecule has 1 saturated heterocycles. The van der Waals surface area contributed by atoms with Gasteiger partial charge in [-0.2, -0.15) is 0 Å². The molecular weight excluding hydrogens is 558 g/mol. The summed E-state index contributed by atoms with van der Waals surface area (Å²) in [6.45, 7) is 6.70. The van der Waals surface area contributed by atoms with Gasteiger partial charge >= 0.3 is 0 Å². The maximum atomic E-state index is 13.4. The number of H-pyrrole nitrogens is 1. The average molecular weight is 598 g/mol. The lowest BCUT2D eigenvalue weighted by molar-refractivity contribution is -0.118. The highest BCUT2D eigenvalue weighted by atomic mass is 16.7. The van der Waals surface area contributed by atoms with E-state index in [-0.39, 0.29) is 11.8 Å². The summed E-state index contributed by atoms with van der Waals surface area (Å²) in [5, 5.41) is 6.81. The number of anilines is 1. The second kappa shape index (κ2) is 15.5. The molecular formula is C33H39N7O4. The van der Waals surface area contributed by atoms with Gasteiger partial charge in [0.2, 0.25) is 12.7 Å². The smallest absolute Gasteiger partial charge is 0.270 e. The maximum Gasteiger partial charge on any atom is 0.270 e. The number of rotatable bonds is 10. The molecule has 0 saturated carbocycles. The summed E-state index contributed by atoms with van der Waals surface area (Å²) in [6.07, 6.45) is 3.54. The van der Waals surface area contributed by atoms with Crippen LogP contribution in [-0.2, 0) is 14.3 Å². The van der Waals surface area contributed by atoms with E-state index in [0.717, 1.165) is 49.2 Å². The van der Waals surface area contributed by atoms with E-state index in [2.05, 4.69) is 20.5 Å². The monoisotopic (exact) mass is 597 g/mol. The third-order valence-electron chi connectivity index (χ3n) is 7.29. The number of piperazine rings is 1. The van der Waals surface area contributed by atoms with Gasteiger partial charge in [0.25, 0.3) is 5.91 Å². The number of amides is 2. The van der Waals surface area contributed by atoms with E-state index in [1.807, 2.05) is 77.7 Å². The Kier molecular flexibility index (Phi) is 10.8. The highest BCUT2D eigenvalue weighted by Gasteiger charge is 2.24. The molecule has 4 heterocycles. The SMILES string of the molecule is CC(=O)NCCNc1nc(-c2ccccc2)nc2[nH]c(C(=O)N3CCN(CCCC4=COCO4)CC3)cc12.c1ccccc1. The van der Waals surface area contributed by atoms with Crippen molar-refractivity contribution in [2.75, 3.05) is 57.9 Å². The molecule has 44 heavy (non-hydrogen) atoms. The number of hydrogen-bond donors (Lipinski definition) is 3. The van der Waals surface area contributed by atoms with E-state index >= 15 is 0 Å². The van der Waals surface area contributed by atoms with Gasteiger partial charge in [-0.3, -0.25) is 14.5 Å². The van der Waals surface area contributed by atoms with Gasteiger partial charge < -0.3 is 30.0 Å². The number of carbonyl (C=O) groups excluding carboxylic acids is 2. The van der Waals surface area contributed by atoms with Gasteiger partial charge in [-0.05, 0) is 19.0 Å². The van der Waals surface area contributed by atoms with Crippen LogP contribution in [0.15, 0.2) is 84.8 Å². The highest BCUT2D eigenvalue weighted by molar-refractivity contribution is 6.00. The van der Waals surface area contributed by atoms with Crippen LogP contribution in [0.3, 0.4) is 0 Å². The van der Waals surface area contributed by atoms with E-state index in [9.17, 15) is 9.59 Å². The maximum absolute atomic E-state index is 13.4. The lowest BCUT2D eigenvalue weighted by Gasteiger charge is -2.34. The van der Waals surface area contributed by atoms with Crippen molar-refractivity contribution >= 4 is 28.7 Å². The second-order valence-corrected chi connectivity index (χ2v) is 10.5. The molecule has 0 atom stereocenters. The summed E-state index contributed by atoms with van der Waals surface area (Å²) >= 11 is 0. The lowest BCUT2D eigenvalue weighted by atomic mass is 10.2. The molecule has 4 aromatic rings. The Labute approximate surface area is 257 Å². The van der Waals surface area contributed by atoms with E-state index in [4.69, 9.17) is 19.4 Å². The molecule has 2 aromatic heterocycles. The lowest BCUT2D eigenvalue weighted by Crippen LogP contribution is -2.48. The van der Waals surface area contributed by atoms with Crippen molar-refractivity contribution in [3.8, 4) is 11.4 Å². The van der Waals surface area contributed by atoms with E-state index in [0.29, 0.717) is 56.0 Å². The summed E-state index contributed by atoms with van der Waals surface area (Å²) in [5.74, 6) is 1.94. The summed E-state index contributed by atoms with van der Waals surface area (Å²) in [6, 6.07) is 23.5. The van der Waals surface area contributed by atoms with Crippen molar-refractivity contribution in [1.82, 2.24) is 30.1 Å². The van der Waals surface area contributed by atoms with Crippen molar-refractivity contribution in [3.63, 3.8) is 0 Å². The summed E-state index contributed by atoms with van der Waals surface area (Å²) < 4.78 is 10.5. The second-order valence-electron chi connectivity index (χ2n) is 10.5. The van der Waals surface area contributed by atoms with Gasteiger partial charge in [0.15, 0.2) is 5.82 Å². The standard InChI is InChI=1S/C27H33N7O4.C6H6/c1-19(35)28-9-10-29-25-22-16-23(30-26(22)32-24(31-25)20-6-3-2-4-7-20)27(36)34-14-12-33(13-15-34)11-5-8-21-17-37-18-38-21;1-2-4-6-5-3-1/h2-4,6-7,16-17H,5,8-15,18H2,1H3,(H,28,35)(H2,29,30,31,32);1-6H. The zero-order valence-electron chi connectivity index (χ0n) is 25.0. The third-order valence-corrected chi connectivity index (χ3v) is 7.29. The van der Waals surface area contributed by atoms with Crippen LogP contribution in [0.2, 0.25) is 0 Å². The Morgan fingerprint density at radius 2 is 1.64 bits per heavy atom. The minimum Gasteiger partial charge on any atom is -0.462 e. The van der Waals surface area contributed by atoms with Crippen LogP contribution >= 0.6 is 0 Å². The molecule has 0 spiro atoms. The summed E-state index contributed by atoms with van der Waals surface area (Å²) in [7, 11) is 0. The van der Waals surface area contributed by atoms with Crippen LogP contribution in [0.4, 0.5) is 5.82 Å². The van der Waals surface area contributed by atoms with Gasteiger partial charge in [-0.15, -0.1) is 0 Å². The predicted octanol–water partition coefficient (Wildman–Crippen LogP) is 4.24. The Morgan fingerprint density at radius 1 is 0.932 bits per heavy atom. The number of aromatic nitrogens is 3. The normalized spacial score (nSPS) is 14.6. The number of allylic oxidation sites excluding steroid dienone is 1. The Hall–Kier alpha value is -4.90. The van der Waals surface area contributed by atoms with Crippen LogP contribution in [0.25, 0.3) is 22.4 Å². The molecule has 2 aromatic carbocycles. The van der Waals surface area contributed by atoms with Crippen molar-refractivity contribution < 1.29 is 19.1 Å². The Morgan fingerprint density at radius 3 is 2.30 bits per heavy atom. The molecule has 2 aliphatic rings. The van der Waals surface area contributed by atoms with Crippen molar-refractivity contribution in [2.45, 2.75) is 19.8 Å². The minimum absolute atomic E-state index is 0.0465. The minimum atomic E-state index is -0.0888. The molecule has 3 N–H and O–H groups in total. The molecule has 11 heteroatoms. The van der Waals surface area contributed by atoms with E-state index in [1.165, 1.54) is 6.92 Å². The van der Waals surface area contributed by atoms with E-state index in [1.54, 1.807) is 6.26 Å². The molecule has 0 unspecified atom stereocenters. The first kappa shape index (κ1) is 30.6. The van der Waals surface area contributed by atoms with Crippen LogP contribution in [-0.4, -0.2) is 89.2 Å². The zero-order valence-corrected chi connectivity index (χ0v) is 25.0. The first-order chi connectivity index (χ1) is 21.6. The number of benzene rings is 2. The van der Waals surface area contributed by atoms with Crippen LogP contribution in [0, 0.1) is 0 Å². The van der Waals surface area contributed by atoms with Gasteiger partial charge in [0, 0.05) is 58.2 Å². The molecule has 2 amide bonds. The molecule has 11 nitrogen and oxygen atoms in total. The molecule has 0 radical (unpaired) electrons. The number of carbonyl (C=O) groups is 2. The number of nitrogens with one attached hydrogen (secondary N) is 3. The quantitative estimate of drug-likeness (QED) is 0.232. The number of hydrogen-bond acceptors (Lipinski definition) is 8. The predicted molar refractivity (Wildman–Crippen MR) is 170 cm³/mol. The largest absolute Gasteiger partial charge is 0.462 e. The van der Waals surface area contributed by atoms with Crippen molar-refractivity contribution in [3.05, 3.63) is 90.5 Å². The molecule has 6 rings (SSSR count). The fourth-order valence-electron chi connectivity index (χ4n) is 5.00. The molecule has 1 fully saturated rings. The Balaban J connectivity index is 0.000000573. The number of nitrogens with zero attached hydrogens (tertiary/aromatic N) is 4.